The van der Waals surface area contributed by atoms with Crippen molar-refractivity contribution in [1.82, 2.24) is 0 Å². The van der Waals surface area contributed by atoms with Gasteiger partial charge in [0.1, 0.15) is 128 Å². The summed E-state index contributed by atoms with van der Waals surface area (Å²) in [6, 6.07) is 0. The maximum Gasteiger partial charge on any atom is 0.187 e. The van der Waals surface area contributed by atoms with Crippen molar-refractivity contribution in [2.45, 2.75) is 315 Å². The Morgan fingerprint density at radius 1 is 0.412 bits per heavy atom. The standard InChI is InChI=1S/C65H108O32/c1-23-36(69)43(76)49(82)54(88-23)86-19-31-42(75)47(80)53(96-56-50(83)44(77)37(70)24(2)89-56)59(94-31)95-34-11-13-64-21-65(64)15-14-62(6)25(10-12-63(62,7)33(65)9-8-32(64)61(34,5)22-68)35-27(16-26(38(35)71)60(3,4)85)90-58-52(97-57-51(84)45(78)39(72)28(17-66)92-57)46(79)41(74)30(93-58)20-87-55-48(81)40(73)29(18-67)91-55/h23-59,66-85H,8-22H2,1-7H3/t23-,24-,25+,26+,27-,28+,29+,30+,31+,32-,33-,34-,35-,36-,37-,38-,39+,40-,41+,42+,43+,44+,45-,46-,47-,48+,49+,50+,51+,52+,53+,54+,55+,56-,57-,58+,59-,61+,62+,63-,64+,65-/m0/s1. The fraction of sp³-hybridized carbons (Fsp3) is 1.00. The first-order valence-electron chi connectivity index (χ1n) is 34.8. The summed E-state index contributed by atoms with van der Waals surface area (Å²) in [4.78, 5) is 0. The Labute approximate surface area is 561 Å². The molecule has 2 spiro atoms. The van der Waals surface area contributed by atoms with Crippen molar-refractivity contribution in [3.05, 3.63) is 0 Å². The molecule has 32 heteroatoms. The molecule has 97 heavy (non-hydrogen) atoms. The quantitative estimate of drug-likeness (QED) is 0.0535. The van der Waals surface area contributed by atoms with Crippen LogP contribution in [-0.2, 0) is 56.8 Å². The fourth-order valence-corrected chi connectivity index (χ4v) is 20.7. The van der Waals surface area contributed by atoms with Crippen molar-refractivity contribution in [3.63, 3.8) is 0 Å². The van der Waals surface area contributed by atoms with Crippen LogP contribution in [0.25, 0.3) is 0 Å². The number of aliphatic hydroxyl groups is 20. The van der Waals surface area contributed by atoms with Crippen LogP contribution in [-0.4, -0.2) is 337 Å². The normalized spacial score (nSPS) is 57.7. The van der Waals surface area contributed by atoms with Gasteiger partial charge in [-0.1, -0.05) is 20.8 Å². The Balaban J connectivity index is 0.793. The highest BCUT2D eigenvalue weighted by molar-refractivity contribution is 5.31. The van der Waals surface area contributed by atoms with Crippen LogP contribution in [0.5, 0.6) is 0 Å². The predicted molar refractivity (Wildman–Crippen MR) is 321 cm³/mol. The molecule has 6 saturated carbocycles. The average molecular weight is 1400 g/mol. The molecule has 0 aromatic carbocycles. The highest BCUT2D eigenvalue weighted by Gasteiger charge is 2.83. The largest absolute Gasteiger partial charge is 0.396 e. The van der Waals surface area contributed by atoms with Gasteiger partial charge in [0.05, 0.1) is 69.2 Å². The number of fused-ring (bicyclic) bond motifs is 2. The number of ether oxygens (including phenoxy) is 12. The first-order chi connectivity index (χ1) is 45.6. The van der Waals surface area contributed by atoms with E-state index in [9.17, 15) is 102 Å². The van der Waals surface area contributed by atoms with E-state index in [1.165, 1.54) is 13.8 Å². The van der Waals surface area contributed by atoms with Crippen LogP contribution in [0.2, 0.25) is 0 Å². The SMILES string of the molecule is C[C@@H]1O[C@@H](OC[C@H]2O[C@@H](O[C@H]3CC[C@]45C[C@]46CC[C@]4(C)[C@@H]([C@@H]7[C@@H](O)[C@H](C(C)(C)O)C[C@@H]7O[C@@H]7O[C@H](CO[C@@H]8O[C@H](CO)[C@H](O)[C@H]8O)[C@@H](O)[C@H](O)[C@H]7O[C@@H]7O[C@H](CO)[C@@H](O)[C@H](O)[C@H]7O)CC[C@@]4(C)[C@@H]6CC[C@H]5[C@@]3(C)CO)[C@H](O[C@@H]3O[C@@H](C)[C@H](O)[C@@H](O)[C@H]3O)[C@@H](O)[C@@H]2O)[C@H](O)[C@H](O)[C@H]1O. The second-order valence-electron chi connectivity index (χ2n) is 31.9. The molecule has 12 aliphatic rings. The van der Waals surface area contributed by atoms with Crippen LogP contribution < -0.4 is 0 Å². The lowest BCUT2D eigenvalue weighted by Crippen LogP contribution is -2.66. The van der Waals surface area contributed by atoms with Gasteiger partial charge in [-0.15, -0.1) is 0 Å². The zero-order valence-electron chi connectivity index (χ0n) is 55.8. The van der Waals surface area contributed by atoms with E-state index in [4.69, 9.17) is 56.8 Å². The van der Waals surface area contributed by atoms with E-state index in [1.54, 1.807) is 13.8 Å². The van der Waals surface area contributed by atoms with E-state index in [1.807, 2.05) is 6.92 Å². The summed E-state index contributed by atoms with van der Waals surface area (Å²) in [5.74, 6) is -1.76. The molecule has 32 nitrogen and oxygen atoms in total. The van der Waals surface area contributed by atoms with Crippen molar-refractivity contribution in [2.75, 3.05) is 33.0 Å². The zero-order chi connectivity index (χ0) is 70.5. The minimum absolute atomic E-state index is 0.0555. The Bertz CT molecular complexity index is 2670. The molecule has 42 atom stereocenters. The Kier molecular flexibility index (Phi) is 21.7. The van der Waals surface area contributed by atoms with Gasteiger partial charge in [-0.05, 0) is 131 Å². The van der Waals surface area contributed by atoms with E-state index < -0.39 is 251 Å². The fourth-order valence-electron chi connectivity index (χ4n) is 20.7. The van der Waals surface area contributed by atoms with E-state index in [0.29, 0.717) is 32.1 Å². The summed E-state index contributed by atoms with van der Waals surface area (Å²) in [5, 5.41) is 221. The van der Waals surface area contributed by atoms with E-state index in [-0.39, 0.29) is 47.0 Å². The lowest BCUT2D eigenvalue weighted by Gasteiger charge is -2.64. The molecule has 12 rings (SSSR count). The molecule has 20 N–H and O–H groups in total. The Hall–Kier alpha value is -1.28. The molecule has 6 aliphatic heterocycles. The molecule has 560 valence electrons. The van der Waals surface area contributed by atoms with Crippen molar-refractivity contribution >= 4 is 0 Å². The third kappa shape index (κ3) is 12.5. The second-order valence-corrected chi connectivity index (χ2v) is 31.9. The molecule has 0 radical (unpaired) electrons. The van der Waals surface area contributed by atoms with Gasteiger partial charge >= 0.3 is 0 Å². The van der Waals surface area contributed by atoms with Gasteiger partial charge in [-0.25, -0.2) is 0 Å². The smallest absolute Gasteiger partial charge is 0.187 e. The van der Waals surface area contributed by atoms with Crippen LogP contribution in [0.4, 0.5) is 0 Å². The molecular formula is C65H108O32. The summed E-state index contributed by atoms with van der Waals surface area (Å²) in [7, 11) is 0. The van der Waals surface area contributed by atoms with Gasteiger partial charge in [0, 0.05) is 17.3 Å². The number of hydrogen-bond donors (Lipinski definition) is 20. The van der Waals surface area contributed by atoms with Gasteiger partial charge in [-0.2, -0.15) is 0 Å². The molecule has 0 unspecified atom stereocenters. The lowest BCUT2D eigenvalue weighted by molar-refractivity contribution is -0.380. The average Bonchev–Trinajstić information content (AvgIpc) is 1.46. The van der Waals surface area contributed by atoms with Gasteiger partial charge in [0.2, 0.25) is 0 Å². The molecule has 6 heterocycles. The molecule has 0 aromatic rings. The topological polar surface area (TPSA) is 515 Å². The van der Waals surface area contributed by atoms with Gasteiger partial charge in [0.25, 0.3) is 0 Å². The maximum atomic E-state index is 12.8. The van der Waals surface area contributed by atoms with Crippen LogP contribution >= 0.6 is 0 Å². The molecule has 0 bridgehead atoms. The predicted octanol–water partition coefficient (Wildman–Crippen LogP) is -6.47. The summed E-state index contributed by atoms with van der Waals surface area (Å²) in [5.41, 5.74) is -3.78. The monoisotopic (exact) mass is 1400 g/mol. The maximum absolute atomic E-state index is 12.8. The number of aliphatic hydroxyl groups excluding tert-OH is 19. The summed E-state index contributed by atoms with van der Waals surface area (Å²) >= 11 is 0. The summed E-state index contributed by atoms with van der Waals surface area (Å²) in [6.07, 6.45) is -43.6. The van der Waals surface area contributed by atoms with Gasteiger partial charge in [-0.3, -0.25) is 0 Å². The molecule has 12 fully saturated rings. The van der Waals surface area contributed by atoms with Crippen LogP contribution in [0.15, 0.2) is 0 Å². The number of hydrogen-bond acceptors (Lipinski definition) is 32. The van der Waals surface area contributed by atoms with E-state index >= 15 is 0 Å². The van der Waals surface area contributed by atoms with Crippen LogP contribution in [0, 0.1) is 56.7 Å². The Morgan fingerprint density at radius 3 is 1.40 bits per heavy atom. The third-order valence-electron chi connectivity index (χ3n) is 26.6. The molecule has 0 amide bonds. The van der Waals surface area contributed by atoms with Crippen LogP contribution in [0.3, 0.4) is 0 Å². The number of rotatable bonds is 19. The van der Waals surface area contributed by atoms with Crippen molar-refractivity contribution in [1.29, 1.82) is 0 Å². The first kappa shape index (κ1) is 75.4. The second kappa shape index (κ2) is 27.9. The molecule has 6 aliphatic carbocycles. The molecule has 0 aromatic heterocycles. The summed E-state index contributed by atoms with van der Waals surface area (Å²) in [6.45, 7) is 9.70. The molecular weight excluding hydrogens is 1290 g/mol. The minimum Gasteiger partial charge on any atom is -0.396 e. The van der Waals surface area contributed by atoms with E-state index in [0.717, 1.165) is 25.7 Å². The first-order valence-corrected chi connectivity index (χ1v) is 34.8. The van der Waals surface area contributed by atoms with Crippen molar-refractivity contribution < 1.29 is 159 Å². The van der Waals surface area contributed by atoms with E-state index in [2.05, 4.69) is 13.8 Å². The van der Waals surface area contributed by atoms with Gasteiger partial charge in [0.15, 0.2) is 37.7 Å². The third-order valence-corrected chi connectivity index (χ3v) is 26.6. The summed E-state index contributed by atoms with van der Waals surface area (Å²) < 4.78 is 73.4. The van der Waals surface area contributed by atoms with Gasteiger partial charge < -0.3 is 159 Å². The zero-order valence-corrected chi connectivity index (χ0v) is 55.8. The highest BCUT2D eigenvalue weighted by atomic mass is 16.8. The lowest BCUT2D eigenvalue weighted by atomic mass is 9.41. The Morgan fingerprint density at radius 2 is 0.856 bits per heavy atom. The van der Waals surface area contributed by atoms with Crippen molar-refractivity contribution in [3.8, 4) is 0 Å². The minimum atomic E-state index is -1.96. The van der Waals surface area contributed by atoms with Crippen molar-refractivity contribution in [2.24, 2.45) is 56.7 Å². The van der Waals surface area contributed by atoms with Crippen LogP contribution in [0.1, 0.15) is 113 Å². The highest BCUT2D eigenvalue weighted by Crippen LogP contribution is 2.89. The molecule has 6 saturated heterocycles.